The van der Waals surface area contributed by atoms with Crippen LogP contribution in [0.5, 0.6) is 0 Å². The maximum atomic E-state index is 14.7. The van der Waals surface area contributed by atoms with E-state index in [9.17, 15) is 26.4 Å². The summed E-state index contributed by atoms with van der Waals surface area (Å²) in [5.41, 5.74) is -1.21. The first-order valence-electron chi connectivity index (χ1n) is 9.06. The molecule has 1 aliphatic heterocycles. The van der Waals surface area contributed by atoms with Crippen LogP contribution in [0.4, 0.5) is 18.9 Å². The number of halogens is 5. The highest BCUT2D eigenvalue weighted by Crippen LogP contribution is 2.35. The fourth-order valence-corrected chi connectivity index (χ4v) is 5.21. The quantitative estimate of drug-likeness (QED) is 0.577. The summed E-state index contributed by atoms with van der Waals surface area (Å²) in [6.07, 6.45) is 1.56. The zero-order valence-electron chi connectivity index (χ0n) is 15.6. The van der Waals surface area contributed by atoms with E-state index in [0.717, 1.165) is 37.1 Å². The van der Waals surface area contributed by atoms with Crippen LogP contribution < -0.4 is 10.3 Å². The molecule has 12 heteroatoms. The summed E-state index contributed by atoms with van der Waals surface area (Å²) in [5, 5.41) is -0.308. The number of aromatic nitrogens is 2. The van der Waals surface area contributed by atoms with Crippen molar-refractivity contribution in [1.82, 2.24) is 9.36 Å². The number of rotatable bonds is 4. The predicted molar refractivity (Wildman–Crippen MR) is 111 cm³/mol. The molecule has 0 radical (unpaired) electrons. The normalized spacial score (nSPS) is 13.8. The zero-order chi connectivity index (χ0) is 22.5. The molecule has 0 fully saturated rings. The molecule has 0 atom stereocenters. The molecule has 0 spiro atoms. The van der Waals surface area contributed by atoms with Crippen LogP contribution >= 0.6 is 23.2 Å². The molecule has 1 N–H and O–H groups in total. The third-order valence-corrected chi connectivity index (χ3v) is 7.01. The van der Waals surface area contributed by atoms with Gasteiger partial charge in [0.1, 0.15) is 27.5 Å². The van der Waals surface area contributed by atoms with Crippen LogP contribution in [0.25, 0.3) is 11.1 Å². The molecule has 1 aromatic heterocycles. The first kappa shape index (κ1) is 21.8. The molecule has 0 saturated carbocycles. The first-order valence-corrected chi connectivity index (χ1v) is 11.3. The minimum Gasteiger partial charge on any atom is -0.278 e. The number of nitrogens with one attached hydrogen (secondary N) is 1. The molecular weight excluding hydrogens is 478 g/mol. The van der Waals surface area contributed by atoms with Crippen molar-refractivity contribution in [3.8, 4) is 11.1 Å². The summed E-state index contributed by atoms with van der Waals surface area (Å²) in [4.78, 5) is 12.0. The lowest BCUT2D eigenvalue weighted by atomic mass is 10.1. The second-order valence-electron chi connectivity index (χ2n) is 6.92. The van der Waals surface area contributed by atoms with E-state index in [-0.39, 0.29) is 27.0 Å². The molecular formula is C19H14Cl2F3N3O3S. The summed E-state index contributed by atoms with van der Waals surface area (Å²) >= 11 is 12.3. The Balaban J connectivity index is 1.82. The third kappa shape index (κ3) is 3.83. The molecule has 2 heterocycles. The molecule has 2 aromatic carbocycles. The average molecular weight is 492 g/mol. The van der Waals surface area contributed by atoms with Gasteiger partial charge in [-0.15, -0.1) is 0 Å². The molecule has 1 aliphatic rings. The zero-order valence-corrected chi connectivity index (χ0v) is 18.0. The van der Waals surface area contributed by atoms with Crippen molar-refractivity contribution in [3.63, 3.8) is 0 Å². The van der Waals surface area contributed by atoms with E-state index in [4.69, 9.17) is 23.2 Å². The summed E-state index contributed by atoms with van der Waals surface area (Å²) in [6.45, 7) is 0.893. The predicted octanol–water partition coefficient (Wildman–Crippen LogP) is 4.64. The molecule has 164 valence electrons. The SMILES string of the molecule is O=c1c(-c2cc(NS(=O)(=O)c3ccc(F)cc3F)c(Cl)cc2F)c(Cl)n2n1CCCC2. The lowest BCUT2D eigenvalue weighted by molar-refractivity contribution is 0.356. The van der Waals surface area contributed by atoms with Gasteiger partial charge in [-0.3, -0.25) is 14.2 Å². The second-order valence-corrected chi connectivity index (χ2v) is 9.33. The number of benzene rings is 2. The maximum absolute atomic E-state index is 14.7. The van der Waals surface area contributed by atoms with Crippen molar-refractivity contribution < 1.29 is 21.6 Å². The van der Waals surface area contributed by atoms with Crippen molar-refractivity contribution in [2.75, 3.05) is 4.72 Å². The highest BCUT2D eigenvalue weighted by Gasteiger charge is 2.26. The molecule has 4 rings (SSSR count). The number of nitrogens with zero attached hydrogens (tertiary/aromatic N) is 2. The summed E-state index contributed by atoms with van der Waals surface area (Å²) in [5.74, 6) is -3.15. The van der Waals surface area contributed by atoms with E-state index >= 15 is 0 Å². The van der Waals surface area contributed by atoms with Gasteiger partial charge in [-0.25, -0.2) is 26.3 Å². The Bertz CT molecular complexity index is 1370. The van der Waals surface area contributed by atoms with Crippen molar-refractivity contribution in [2.45, 2.75) is 30.8 Å². The summed E-state index contributed by atoms with van der Waals surface area (Å²) < 4.78 is 72.0. The molecule has 0 aliphatic carbocycles. The molecule has 0 amide bonds. The van der Waals surface area contributed by atoms with E-state index in [1.54, 1.807) is 0 Å². The smallest absolute Gasteiger partial charge is 0.276 e. The van der Waals surface area contributed by atoms with Crippen molar-refractivity contribution in [3.05, 3.63) is 68.3 Å². The van der Waals surface area contributed by atoms with Crippen LogP contribution in [0, 0.1) is 17.5 Å². The van der Waals surface area contributed by atoms with Crippen LogP contribution in [0.1, 0.15) is 12.8 Å². The standard InChI is InChI=1S/C19H14Cl2F3N3O3S/c20-12-9-13(23)11(17-18(21)26-5-1-2-6-27(26)19(17)28)8-15(12)25-31(29,30)16-4-3-10(22)7-14(16)24/h3-4,7-9,25H,1-2,5-6H2. The number of hydrogen-bond donors (Lipinski definition) is 1. The second kappa shape index (κ2) is 7.92. The molecule has 0 unspecified atom stereocenters. The highest BCUT2D eigenvalue weighted by molar-refractivity contribution is 7.92. The van der Waals surface area contributed by atoms with Gasteiger partial charge in [-0.05, 0) is 37.1 Å². The van der Waals surface area contributed by atoms with E-state index in [0.29, 0.717) is 19.2 Å². The van der Waals surface area contributed by atoms with Gasteiger partial charge in [-0.2, -0.15) is 0 Å². The van der Waals surface area contributed by atoms with Gasteiger partial charge >= 0.3 is 0 Å². The van der Waals surface area contributed by atoms with Crippen LogP contribution in [-0.2, 0) is 23.1 Å². The van der Waals surface area contributed by atoms with Gasteiger partial charge in [0.15, 0.2) is 0 Å². The third-order valence-electron chi connectivity index (χ3n) is 4.92. The Labute approximate surface area is 184 Å². The Kier molecular flexibility index (Phi) is 5.57. The van der Waals surface area contributed by atoms with E-state index in [1.165, 1.54) is 9.36 Å². The summed E-state index contributed by atoms with van der Waals surface area (Å²) in [7, 11) is -4.54. The van der Waals surface area contributed by atoms with Crippen molar-refractivity contribution >= 4 is 38.9 Å². The fourth-order valence-electron chi connectivity index (χ4n) is 3.46. The van der Waals surface area contributed by atoms with Gasteiger partial charge in [-0.1, -0.05) is 23.2 Å². The van der Waals surface area contributed by atoms with Gasteiger partial charge in [0, 0.05) is 24.7 Å². The summed E-state index contributed by atoms with van der Waals surface area (Å²) in [6, 6.07) is 3.79. The van der Waals surface area contributed by atoms with E-state index in [2.05, 4.69) is 4.72 Å². The number of fused-ring (bicyclic) bond motifs is 1. The van der Waals surface area contributed by atoms with Crippen molar-refractivity contribution in [1.29, 1.82) is 0 Å². The Morgan fingerprint density at radius 2 is 1.61 bits per heavy atom. The molecule has 6 nitrogen and oxygen atoms in total. The van der Waals surface area contributed by atoms with Gasteiger partial charge in [0.2, 0.25) is 0 Å². The van der Waals surface area contributed by atoms with Crippen molar-refractivity contribution in [2.24, 2.45) is 0 Å². The minimum atomic E-state index is -4.54. The number of hydrogen-bond acceptors (Lipinski definition) is 3. The average Bonchev–Trinajstić information content (AvgIpc) is 2.95. The highest BCUT2D eigenvalue weighted by atomic mass is 35.5. The van der Waals surface area contributed by atoms with E-state index in [1.807, 2.05) is 0 Å². The van der Waals surface area contributed by atoms with Gasteiger partial charge in [0.25, 0.3) is 15.6 Å². The largest absolute Gasteiger partial charge is 0.278 e. The van der Waals surface area contributed by atoms with Gasteiger partial charge < -0.3 is 0 Å². The molecule has 3 aromatic rings. The monoisotopic (exact) mass is 491 g/mol. The maximum Gasteiger partial charge on any atom is 0.276 e. The fraction of sp³-hybridized carbons (Fsp3) is 0.211. The number of sulfonamides is 1. The van der Waals surface area contributed by atoms with E-state index < -0.39 is 37.9 Å². The Hall–Kier alpha value is -2.43. The van der Waals surface area contributed by atoms with Crippen LogP contribution in [-0.4, -0.2) is 17.8 Å². The Morgan fingerprint density at radius 3 is 2.26 bits per heavy atom. The topological polar surface area (TPSA) is 73.1 Å². The number of anilines is 1. The first-order chi connectivity index (χ1) is 14.6. The van der Waals surface area contributed by atoms with Crippen LogP contribution in [0.3, 0.4) is 0 Å². The molecule has 0 bridgehead atoms. The minimum absolute atomic E-state index is 0.0179. The Morgan fingerprint density at radius 1 is 0.935 bits per heavy atom. The lowest BCUT2D eigenvalue weighted by Gasteiger charge is -2.17. The van der Waals surface area contributed by atoms with Gasteiger partial charge in [0.05, 0.1) is 16.3 Å². The lowest BCUT2D eigenvalue weighted by Crippen LogP contribution is -2.27. The van der Waals surface area contributed by atoms with Crippen LogP contribution in [0.2, 0.25) is 10.2 Å². The van der Waals surface area contributed by atoms with Crippen LogP contribution in [0.15, 0.2) is 40.0 Å². The molecule has 0 saturated heterocycles. The molecule has 31 heavy (non-hydrogen) atoms.